The van der Waals surface area contributed by atoms with Crippen LogP contribution in [0, 0.1) is 0 Å². The summed E-state index contributed by atoms with van der Waals surface area (Å²) in [5.41, 5.74) is 3.59. The zero-order chi connectivity index (χ0) is 21.0. The molecule has 1 amide bonds. The number of fused-ring (bicyclic) bond motifs is 1. The van der Waals surface area contributed by atoms with Crippen LogP contribution in [0.15, 0.2) is 83.8 Å². The van der Waals surface area contributed by atoms with E-state index in [4.69, 9.17) is 0 Å². The lowest BCUT2D eigenvalue weighted by atomic mass is 10.1. The van der Waals surface area contributed by atoms with Gasteiger partial charge in [-0.25, -0.2) is 8.42 Å². The Kier molecular flexibility index (Phi) is 5.86. The predicted molar refractivity (Wildman–Crippen MR) is 119 cm³/mol. The molecule has 6 heteroatoms. The van der Waals surface area contributed by atoms with E-state index in [0.717, 1.165) is 24.1 Å². The summed E-state index contributed by atoms with van der Waals surface area (Å²) >= 11 is 0. The first-order valence-electron chi connectivity index (χ1n) is 10.1. The molecular weight excluding hydrogens is 396 g/mol. The quantitative estimate of drug-likeness (QED) is 0.616. The summed E-state index contributed by atoms with van der Waals surface area (Å²) in [6.07, 6.45) is 2.74. The fraction of sp³-hybridized carbons (Fsp3) is 0.208. The number of amides is 1. The van der Waals surface area contributed by atoms with Gasteiger partial charge in [0.25, 0.3) is 10.0 Å². The molecule has 0 aliphatic carbocycles. The third-order valence-electron chi connectivity index (χ3n) is 5.28. The highest BCUT2D eigenvalue weighted by Gasteiger charge is 2.30. The fourth-order valence-electron chi connectivity index (χ4n) is 3.72. The van der Waals surface area contributed by atoms with Gasteiger partial charge < -0.3 is 5.32 Å². The van der Waals surface area contributed by atoms with E-state index in [9.17, 15) is 13.2 Å². The van der Waals surface area contributed by atoms with Crippen LogP contribution in [0.2, 0.25) is 0 Å². The van der Waals surface area contributed by atoms with E-state index in [1.54, 1.807) is 24.3 Å². The van der Waals surface area contributed by atoms with Gasteiger partial charge in [-0.2, -0.15) is 0 Å². The summed E-state index contributed by atoms with van der Waals surface area (Å²) in [5.74, 6) is -0.0741. The Balaban J connectivity index is 1.36. The summed E-state index contributed by atoms with van der Waals surface area (Å²) in [6.45, 7) is 0.446. The molecule has 0 saturated carbocycles. The lowest BCUT2D eigenvalue weighted by Gasteiger charge is -2.19. The molecule has 30 heavy (non-hydrogen) atoms. The van der Waals surface area contributed by atoms with E-state index in [2.05, 4.69) is 17.4 Å². The average Bonchev–Trinajstić information content (AvgIpc) is 3.20. The maximum Gasteiger partial charge on any atom is 0.264 e. The molecule has 0 radical (unpaired) electrons. The van der Waals surface area contributed by atoms with Gasteiger partial charge in [-0.1, -0.05) is 48.5 Å². The maximum atomic E-state index is 13.0. The van der Waals surface area contributed by atoms with E-state index in [0.29, 0.717) is 25.1 Å². The van der Waals surface area contributed by atoms with Crippen LogP contribution in [0.25, 0.3) is 0 Å². The van der Waals surface area contributed by atoms with Crippen LogP contribution in [0.3, 0.4) is 0 Å². The molecule has 4 rings (SSSR count). The van der Waals surface area contributed by atoms with Crippen molar-refractivity contribution in [3.8, 4) is 0 Å². The van der Waals surface area contributed by atoms with Crippen molar-refractivity contribution in [3.63, 3.8) is 0 Å². The summed E-state index contributed by atoms with van der Waals surface area (Å²) in [6, 6.07) is 24.0. The number of aryl methyl sites for hydroxylation is 1. The van der Waals surface area contributed by atoms with Gasteiger partial charge in [0.2, 0.25) is 5.91 Å². The highest BCUT2D eigenvalue weighted by molar-refractivity contribution is 7.92. The van der Waals surface area contributed by atoms with E-state index < -0.39 is 10.0 Å². The zero-order valence-corrected chi connectivity index (χ0v) is 17.4. The van der Waals surface area contributed by atoms with Gasteiger partial charge in [0, 0.05) is 18.7 Å². The van der Waals surface area contributed by atoms with Crippen molar-refractivity contribution in [1.29, 1.82) is 0 Å². The second-order valence-electron chi connectivity index (χ2n) is 7.37. The molecule has 3 aromatic carbocycles. The molecule has 3 aromatic rings. The van der Waals surface area contributed by atoms with Crippen LogP contribution in [0.1, 0.15) is 24.0 Å². The molecule has 0 saturated heterocycles. The summed E-state index contributed by atoms with van der Waals surface area (Å²) < 4.78 is 27.5. The summed E-state index contributed by atoms with van der Waals surface area (Å²) in [5, 5.41) is 2.84. The van der Waals surface area contributed by atoms with Gasteiger partial charge >= 0.3 is 0 Å². The van der Waals surface area contributed by atoms with Crippen LogP contribution in [-0.4, -0.2) is 20.9 Å². The van der Waals surface area contributed by atoms with E-state index in [1.165, 1.54) is 9.87 Å². The first-order valence-corrected chi connectivity index (χ1v) is 11.5. The van der Waals surface area contributed by atoms with Crippen molar-refractivity contribution in [3.05, 3.63) is 90.0 Å². The Morgan fingerprint density at radius 2 is 1.60 bits per heavy atom. The number of carbonyl (C=O) groups excluding carboxylic acids is 1. The van der Waals surface area contributed by atoms with Crippen molar-refractivity contribution in [1.82, 2.24) is 0 Å². The minimum atomic E-state index is -3.62. The van der Waals surface area contributed by atoms with Crippen LogP contribution in [0.5, 0.6) is 0 Å². The number of nitrogens with one attached hydrogen (secondary N) is 1. The van der Waals surface area contributed by atoms with Gasteiger partial charge in [-0.3, -0.25) is 9.10 Å². The molecule has 1 N–H and O–H groups in total. The van der Waals surface area contributed by atoms with Crippen LogP contribution in [-0.2, 0) is 27.7 Å². The Labute approximate surface area is 177 Å². The van der Waals surface area contributed by atoms with Crippen molar-refractivity contribution in [2.24, 2.45) is 0 Å². The highest BCUT2D eigenvalue weighted by atomic mass is 32.2. The van der Waals surface area contributed by atoms with Gasteiger partial charge in [-0.05, 0) is 60.7 Å². The largest absolute Gasteiger partial charge is 0.326 e. The van der Waals surface area contributed by atoms with Crippen molar-refractivity contribution in [2.75, 3.05) is 16.2 Å². The number of sulfonamides is 1. The molecule has 0 unspecified atom stereocenters. The molecule has 1 aliphatic rings. The minimum absolute atomic E-state index is 0.0741. The Bertz CT molecular complexity index is 1130. The molecule has 154 valence electrons. The van der Waals surface area contributed by atoms with Crippen LogP contribution < -0.4 is 9.62 Å². The third kappa shape index (κ3) is 4.39. The Morgan fingerprint density at radius 1 is 0.900 bits per heavy atom. The molecular formula is C24H24N2O3S. The fourth-order valence-corrected chi connectivity index (χ4v) is 5.22. The topological polar surface area (TPSA) is 66.5 Å². The van der Waals surface area contributed by atoms with Gasteiger partial charge in [-0.15, -0.1) is 0 Å². The molecule has 0 spiro atoms. The number of carbonyl (C=O) groups is 1. The van der Waals surface area contributed by atoms with E-state index in [1.807, 2.05) is 42.5 Å². The Morgan fingerprint density at radius 3 is 2.37 bits per heavy atom. The summed E-state index contributed by atoms with van der Waals surface area (Å²) in [4.78, 5) is 12.4. The second kappa shape index (κ2) is 8.71. The molecule has 0 aromatic heterocycles. The first-order chi connectivity index (χ1) is 14.5. The smallest absolute Gasteiger partial charge is 0.264 e. The zero-order valence-electron chi connectivity index (χ0n) is 16.6. The van der Waals surface area contributed by atoms with Crippen LogP contribution in [0.4, 0.5) is 11.4 Å². The number of hydrogen-bond acceptors (Lipinski definition) is 3. The molecule has 0 atom stereocenters. The van der Waals surface area contributed by atoms with Crippen LogP contribution >= 0.6 is 0 Å². The lowest BCUT2D eigenvalue weighted by molar-refractivity contribution is -0.116. The first kappa shape index (κ1) is 20.2. The second-order valence-corrected chi connectivity index (χ2v) is 9.23. The molecule has 1 aliphatic heterocycles. The number of hydrogen-bond donors (Lipinski definition) is 1. The molecule has 1 heterocycles. The lowest BCUT2D eigenvalue weighted by Crippen LogP contribution is -2.29. The van der Waals surface area contributed by atoms with Gasteiger partial charge in [0.1, 0.15) is 0 Å². The van der Waals surface area contributed by atoms with Crippen molar-refractivity contribution >= 4 is 27.3 Å². The normalized spacial score (nSPS) is 13.1. The third-order valence-corrected chi connectivity index (χ3v) is 7.11. The number of anilines is 2. The Hall–Kier alpha value is -3.12. The highest BCUT2D eigenvalue weighted by Crippen LogP contribution is 2.32. The predicted octanol–water partition coefficient (Wildman–Crippen LogP) is 4.40. The van der Waals surface area contributed by atoms with Gasteiger partial charge in [0.15, 0.2) is 0 Å². The standard InChI is InChI=1S/C24H24N2O3S/c27-24(12-6-9-19-7-2-1-3-8-19)25-21-13-15-22(16-14-21)30(28,29)26-18-17-20-10-4-5-11-23(20)26/h1-5,7-8,10-11,13-16H,6,9,12,17-18H2,(H,25,27). The van der Waals surface area contributed by atoms with E-state index >= 15 is 0 Å². The van der Waals surface area contributed by atoms with Gasteiger partial charge in [0.05, 0.1) is 10.6 Å². The van der Waals surface area contributed by atoms with Crippen molar-refractivity contribution in [2.45, 2.75) is 30.6 Å². The molecule has 5 nitrogen and oxygen atoms in total. The van der Waals surface area contributed by atoms with Crippen molar-refractivity contribution < 1.29 is 13.2 Å². The summed E-state index contributed by atoms with van der Waals surface area (Å²) in [7, 11) is -3.62. The molecule has 0 fully saturated rings. The van der Waals surface area contributed by atoms with E-state index in [-0.39, 0.29) is 10.8 Å². The number of benzene rings is 3. The average molecular weight is 421 g/mol. The number of para-hydroxylation sites is 1. The number of rotatable bonds is 7. The SMILES string of the molecule is O=C(CCCc1ccccc1)Nc1ccc(S(=O)(=O)N2CCc3ccccc32)cc1. The molecule has 0 bridgehead atoms. The monoisotopic (exact) mass is 420 g/mol. The minimum Gasteiger partial charge on any atom is -0.326 e. The maximum absolute atomic E-state index is 13.0. The number of nitrogens with zero attached hydrogens (tertiary/aromatic N) is 1.